The monoisotopic (exact) mass is 296 g/mol. The Morgan fingerprint density at radius 3 is 2.89 bits per heavy atom. The van der Waals surface area contributed by atoms with E-state index in [1.165, 1.54) is 0 Å². The Morgan fingerprint density at radius 2 is 2.16 bits per heavy atom. The number of hydrogen-bond acceptors (Lipinski definition) is 3. The normalized spacial score (nSPS) is 12.3. The summed E-state index contributed by atoms with van der Waals surface area (Å²) in [5.74, 6) is 0.116. The van der Waals surface area contributed by atoms with Crippen molar-refractivity contribution in [3.63, 3.8) is 0 Å². The fourth-order valence-electron chi connectivity index (χ4n) is 1.67. The molecule has 100 valence electrons. The van der Waals surface area contributed by atoms with E-state index in [0.717, 1.165) is 10.8 Å². The van der Waals surface area contributed by atoms with Crippen LogP contribution in [0, 0.1) is 0 Å². The Kier molecular flexibility index (Phi) is 4.50. The Balaban J connectivity index is 2.20. The molecule has 0 aliphatic heterocycles. The molecule has 0 saturated heterocycles. The third kappa shape index (κ3) is 3.52. The summed E-state index contributed by atoms with van der Waals surface area (Å²) in [5, 5.41) is 4.66. The number of halogens is 1. The van der Waals surface area contributed by atoms with Crippen LogP contribution in [0.5, 0.6) is 0 Å². The van der Waals surface area contributed by atoms with E-state index in [0.29, 0.717) is 17.5 Å². The van der Waals surface area contributed by atoms with Crippen molar-refractivity contribution in [1.29, 1.82) is 0 Å². The van der Waals surface area contributed by atoms with E-state index in [2.05, 4.69) is 10.3 Å². The highest BCUT2D eigenvalue weighted by molar-refractivity contribution is 7.84. The molecule has 6 heteroatoms. The summed E-state index contributed by atoms with van der Waals surface area (Å²) >= 11 is 6.05. The summed E-state index contributed by atoms with van der Waals surface area (Å²) in [6.45, 7) is 0.355. The molecule has 4 nitrogen and oxygen atoms in total. The van der Waals surface area contributed by atoms with Gasteiger partial charge in [0.15, 0.2) is 0 Å². The van der Waals surface area contributed by atoms with Crippen molar-refractivity contribution in [3.8, 4) is 0 Å². The Labute approximate surface area is 118 Å². The van der Waals surface area contributed by atoms with E-state index < -0.39 is 10.8 Å². The van der Waals surface area contributed by atoms with E-state index in [9.17, 15) is 9.00 Å². The lowest BCUT2D eigenvalue weighted by atomic mass is 10.1. The molecule has 0 spiro atoms. The van der Waals surface area contributed by atoms with Crippen LogP contribution in [-0.4, -0.2) is 33.7 Å². The molecule has 0 radical (unpaired) electrons. The maximum Gasteiger partial charge on any atom is 0.269 e. The van der Waals surface area contributed by atoms with Crippen molar-refractivity contribution in [2.75, 3.05) is 18.6 Å². The molecule has 2 rings (SSSR count). The Morgan fingerprint density at radius 1 is 1.42 bits per heavy atom. The average Bonchev–Trinajstić information content (AvgIpc) is 2.38. The first kappa shape index (κ1) is 14.0. The van der Waals surface area contributed by atoms with Crippen LogP contribution in [-0.2, 0) is 10.8 Å². The van der Waals surface area contributed by atoms with Gasteiger partial charge in [-0.25, -0.2) is 4.98 Å². The van der Waals surface area contributed by atoms with Crippen molar-refractivity contribution in [2.24, 2.45) is 0 Å². The SMILES string of the molecule is CS(=O)CCNC(=O)c1cc2ccccc2c(Cl)n1. The molecule has 0 aliphatic rings. The Bertz CT molecular complexity index is 646. The van der Waals surface area contributed by atoms with Crippen molar-refractivity contribution in [3.05, 3.63) is 41.2 Å². The predicted octanol–water partition coefficient (Wildman–Crippen LogP) is 2.00. The fourth-order valence-corrected chi connectivity index (χ4v) is 2.32. The van der Waals surface area contributed by atoms with Gasteiger partial charge < -0.3 is 5.32 Å². The number of amides is 1. The number of benzene rings is 1. The van der Waals surface area contributed by atoms with Crippen LogP contribution in [0.25, 0.3) is 10.8 Å². The minimum Gasteiger partial charge on any atom is -0.350 e. The second kappa shape index (κ2) is 6.12. The van der Waals surface area contributed by atoms with Crippen molar-refractivity contribution in [2.45, 2.75) is 0 Å². The number of nitrogens with one attached hydrogen (secondary N) is 1. The van der Waals surface area contributed by atoms with E-state index in [1.54, 1.807) is 12.3 Å². The van der Waals surface area contributed by atoms with Gasteiger partial charge in [-0.3, -0.25) is 9.00 Å². The highest BCUT2D eigenvalue weighted by Gasteiger charge is 2.10. The standard InChI is InChI=1S/C13H13ClN2O2S/c1-19(18)7-6-15-13(17)11-8-9-4-2-3-5-10(9)12(14)16-11/h2-5,8H,6-7H2,1H3,(H,15,17). The zero-order chi connectivity index (χ0) is 13.8. The van der Waals surface area contributed by atoms with Gasteiger partial charge in [-0.05, 0) is 11.5 Å². The smallest absolute Gasteiger partial charge is 0.269 e. The molecule has 2 aromatic rings. The van der Waals surface area contributed by atoms with Crippen LogP contribution in [0.3, 0.4) is 0 Å². The quantitative estimate of drug-likeness (QED) is 0.878. The third-order valence-electron chi connectivity index (χ3n) is 2.60. The molecule has 1 heterocycles. The van der Waals surface area contributed by atoms with Gasteiger partial charge >= 0.3 is 0 Å². The number of pyridine rings is 1. The summed E-state index contributed by atoms with van der Waals surface area (Å²) < 4.78 is 10.9. The molecule has 1 N–H and O–H groups in total. The molecule has 1 aromatic carbocycles. The van der Waals surface area contributed by atoms with Crippen LogP contribution < -0.4 is 5.32 Å². The molecule has 0 saturated carbocycles. The maximum atomic E-state index is 11.9. The summed E-state index contributed by atoms with van der Waals surface area (Å²) in [6.07, 6.45) is 1.59. The highest BCUT2D eigenvalue weighted by atomic mass is 35.5. The fraction of sp³-hybridized carbons (Fsp3) is 0.231. The number of carbonyl (C=O) groups excluding carboxylic acids is 1. The highest BCUT2D eigenvalue weighted by Crippen LogP contribution is 2.22. The lowest BCUT2D eigenvalue weighted by molar-refractivity contribution is 0.0951. The number of aromatic nitrogens is 1. The maximum absolute atomic E-state index is 11.9. The number of carbonyl (C=O) groups is 1. The zero-order valence-corrected chi connectivity index (χ0v) is 11.9. The molecule has 0 bridgehead atoms. The van der Waals surface area contributed by atoms with Crippen molar-refractivity contribution in [1.82, 2.24) is 10.3 Å². The van der Waals surface area contributed by atoms with Crippen LogP contribution in [0.2, 0.25) is 5.15 Å². The third-order valence-corrected chi connectivity index (χ3v) is 3.67. The van der Waals surface area contributed by atoms with Crippen LogP contribution in [0.1, 0.15) is 10.5 Å². The van der Waals surface area contributed by atoms with Gasteiger partial charge in [0.05, 0.1) is 0 Å². The second-order valence-corrected chi connectivity index (χ2v) is 5.97. The summed E-state index contributed by atoms with van der Waals surface area (Å²) in [5.41, 5.74) is 0.269. The summed E-state index contributed by atoms with van der Waals surface area (Å²) in [6, 6.07) is 9.17. The molecular formula is C13H13ClN2O2S. The van der Waals surface area contributed by atoms with Crippen LogP contribution in [0.15, 0.2) is 30.3 Å². The first-order valence-corrected chi connectivity index (χ1v) is 7.82. The Hall–Kier alpha value is -1.46. The number of rotatable bonds is 4. The predicted molar refractivity (Wildman–Crippen MR) is 78.0 cm³/mol. The zero-order valence-electron chi connectivity index (χ0n) is 10.4. The van der Waals surface area contributed by atoms with Gasteiger partial charge in [0, 0.05) is 34.7 Å². The molecule has 1 unspecified atom stereocenters. The van der Waals surface area contributed by atoms with E-state index in [1.807, 2.05) is 24.3 Å². The minimum absolute atomic E-state index is 0.269. The van der Waals surface area contributed by atoms with E-state index in [-0.39, 0.29) is 11.6 Å². The molecule has 19 heavy (non-hydrogen) atoms. The largest absolute Gasteiger partial charge is 0.350 e. The van der Waals surface area contributed by atoms with Gasteiger partial charge in [-0.1, -0.05) is 35.9 Å². The van der Waals surface area contributed by atoms with Crippen molar-refractivity contribution >= 4 is 39.1 Å². The molecular weight excluding hydrogens is 284 g/mol. The first-order chi connectivity index (χ1) is 9.08. The number of fused-ring (bicyclic) bond motifs is 1. The molecule has 0 fully saturated rings. The topological polar surface area (TPSA) is 59.1 Å². The number of hydrogen-bond donors (Lipinski definition) is 1. The lowest BCUT2D eigenvalue weighted by Gasteiger charge is -2.06. The van der Waals surface area contributed by atoms with Gasteiger partial charge in [0.1, 0.15) is 10.8 Å². The van der Waals surface area contributed by atoms with Crippen LogP contribution >= 0.6 is 11.6 Å². The lowest BCUT2D eigenvalue weighted by Crippen LogP contribution is -2.28. The summed E-state index contributed by atoms with van der Waals surface area (Å²) in [7, 11) is -0.926. The molecule has 0 aliphatic carbocycles. The average molecular weight is 297 g/mol. The van der Waals surface area contributed by atoms with Gasteiger partial charge in [0.2, 0.25) is 0 Å². The molecule has 1 aromatic heterocycles. The van der Waals surface area contributed by atoms with Crippen molar-refractivity contribution < 1.29 is 9.00 Å². The van der Waals surface area contributed by atoms with Gasteiger partial charge in [-0.15, -0.1) is 0 Å². The van der Waals surface area contributed by atoms with Gasteiger partial charge in [0.25, 0.3) is 5.91 Å². The molecule has 1 atom stereocenters. The molecule has 1 amide bonds. The van der Waals surface area contributed by atoms with E-state index >= 15 is 0 Å². The first-order valence-electron chi connectivity index (χ1n) is 5.71. The summed E-state index contributed by atoms with van der Waals surface area (Å²) in [4.78, 5) is 16.0. The number of nitrogens with zero attached hydrogens (tertiary/aromatic N) is 1. The van der Waals surface area contributed by atoms with Crippen LogP contribution in [0.4, 0.5) is 0 Å². The minimum atomic E-state index is -0.926. The van der Waals surface area contributed by atoms with E-state index in [4.69, 9.17) is 11.6 Å². The van der Waals surface area contributed by atoms with Gasteiger partial charge in [-0.2, -0.15) is 0 Å². The second-order valence-electron chi connectivity index (χ2n) is 4.05.